The third-order valence-corrected chi connectivity index (χ3v) is 5.40. The second kappa shape index (κ2) is 9.92. The van der Waals surface area contributed by atoms with Gasteiger partial charge in [-0.2, -0.15) is 0 Å². The predicted octanol–water partition coefficient (Wildman–Crippen LogP) is 5.02. The third kappa shape index (κ3) is 5.40. The van der Waals surface area contributed by atoms with Crippen molar-refractivity contribution in [2.75, 3.05) is 18.4 Å². The topological polar surface area (TPSA) is 82.0 Å². The summed E-state index contributed by atoms with van der Waals surface area (Å²) in [4.78, 5) is 31.4. The molecule has 1 aliphatic rings. The van der Waals surface area contributed by atoms with Gasteiger partial charge < -0.3 is 15.3 Å². The number of hydrogen-bond acceptors (Lipinski definition) is 4. The molecule has 4 rings (SSSR count). The number of rotatable bonds is 5. The van der Waals surface area contributed by atoms with E-state index in [4.69, 9.17) is 0 Å². The number of likely N-dealkylation sites (tertiary alicyclic amines) is 1. The number of carbonyl (C=O) groups is 2. The molecule has 0 atom stereocenters. The fourth-order valence-corrected chi connectivity index (χ4v) is 3.63. The molecule has 0 unspecified atom stereocenters. The summed E-state index contributed by atoms with van der Waals surface area (Å²) in [5.41, 5.74) is 3.27. The van der Waals surface area contributed by atoms with Crippen LogP contribution in [-0.4, -0.2) is 41.1 Å². The normalized spacial score (nSPS) is 13.8. The van der Waals surface area contributed by atoms with Crippen LogP contribution in [0.5, 0.6) is 5.75 Å². The maximum absolute atomic E-state index is 12.6. The van der Waals surface area contributed by atoms with Gasteiger partial charge in [-0.1, -0.05) is 12.1 Å². The Labute approximate surface area is 187 Å². The number of carbonyl (C=O) groups excluding carboxylic acids is 2. The van der Waals surface area contributed by atoms with Crippen molar-refractivity contribution >= 4 is 29.4 Å². The Morgan fingerprint density at radius 2 is 1.56 bits per heavy atom. The molecule has 6 nitrogen and oxygen atoms in total. The highest BCUT2D eigenvalue weighted by Crippen LogP contribution is 2.18. The van der Waals surface area contributed by atoms with Crippen LogP contribution >= 0.6 is 0 Å². The van der Waals surface area contributed by atoms with Crippen molar-refractivity contribution in [2.45, 2.75) is 19.3 Å². The van der Waals surface area contributed by atoms with Crippen molar-refractivity contribution in [1.29, 1.82) is 0 Å². The van der Waals surface area contributed by atoms with Gasteiger partial charge in [-0.05, 0) is 85.5 Å². The summed E-state index contributed by atoms with van der Waals surface area (Å²) in [7, 11) is 0. The van der Waals surface area contributed by atoms with E-state index in [0.29, 0.717) is 22.5 Å². The molecule has 3 aromatic rings. The summed E-state index contributed by atoms with van der Waals surface area (Å²) in [6.07, 6.45) is 4.95. The monoisotopic (exact) mass is 427 g/mol. The molecular formula is C26H25N3O3. The van der Waals surface area contributed by atoms with Gasteiger partial charge in [-0.3, -0.25) is 14.6 Å². The Hall–Kier alpha value is -3.93. The quantitative estimate of drug-likeness (QED) is 0.561. The van der Waals surface area contributed by atoms with Crippen LogP contribution < -0.4 is 5.32 Å². The molecule has 1 saturated heterocycles. The van der Waals surface area contributed by atoms with Gasteiger partial charge in [0.05, 0.1) is 5.69 Å². The Bertz CT molecular complexity index is 1120. The lowest BCUT2D eigenvalue weighted by molar-refractivity contribution is 0.0724. The zero-order valence-electron chi connectivity index (χ0n) is 17.7. The zero-order chi connectivity index (χ0) is 22.3. The van der Waals surface area contributed by atoms with Crippen LogP contribution in [0.1, 0.15) is 45.5 Å². The van der Waals surface area contributed by atoms with Crippen LogP contribution in [0, 0.1) is 0 Å². The van der Waals surface area contributed by atoms with Crippen molar-refractivity contribution in [1.82, 2.24) is 4.90 Å². The molecule has 1 aliphatic heterocycles. The van der Waals surface area contributed by atoms with E-state index in [1.165, 1.54) is 6.42 Å². The highest BCUT2D eigenvalue weighted by molar-refractivity contribution is 6.04. The van der Waals surface area contributed by atoms with Gasteiger partial charge in [-0.25, -0.2) is 0 Å². The lowest BCUT2D eigenvalue weighted by atomic mass is 10.1. The number of aromatic hydroxyl groups is 1. The van der Waals surface area contributed by atoms with E-state index in [-0.39, 0.29) is 17.6 Å². The number of phenolic OH excluding ortho intramolecular Hbond substituents is 1. The number of nitrogens with zero attached hydrogens (tertiary/aromatic N) is 2. The van der Waals surface area contributed by atoms with Crippen molar-refractivity contribution < 1.29 is 14.7 Å². The first-order chi connectivity index (χ1) is 15.6. The molecule has 0 radical (unpaired) electrons. The molecule has 162 valence electrons. The minimum absolute atomic E-state index is 0.0458. The Morgan fingerprint density at radius 1 is 0.875 bits per heavy atom. The fourth-order valence-electron chi connectivity index (χ4n) is 3.63. The van der Waals surface area contributed by atoms with Crippen LogP contribution in [0.15, 0.2) is 77.8 Å². The standard InChI is InChI=1S/C26H25N3O3/c30-24-6-4-5-19(17-24)18-27-22-11-7-20(8-12-22)25(31)28-23-13-9-21(10-14-23)26(32)29-15-2-1-3-16-29/h4-14,17-18,30H,1-3,15-16H2,(H,28,31). The summed E-state index contributed by atoms with van der Waals surface area (Å²) >= 11 is 0. The van der Waals surface area contributed by atoms with E-state index in [2.05, 4.69) is 10.3 Å². The van der Waals surface area contributed by atoms with Crippen LogP contribution in [0.3, 0.4) is 0 Å². The number of nitrogens with one attached hydrogen (secondary N) is 1. The SMILES string of the molecule is O=C(Nc1ccc(C(=O)N2CCCCC2)cc1)c1ccc(N=Cc2cccc(O)c2)cc1. The van der Waals surface area contributed by atoms with Crippen LogP contribution in [0.2, 0.25) is 0 Å². The van der Waals surface area contributed by atoms with E-state index in [0.717, 1.165) is 31.5 Å². The molecular weight excluding hydrogens is 402 g/mol. The zero-order valence-corrected chi connectivity index (χ0v) is 17.7. The summed E-state index contributed by atoms with van der Waals surface area (Å²) in [5.74, 6) is -0.00193. The van der Waals surface area contributed by atoms with E-state index in [1.54, 1.807) is 72.9 Å². The number of hydrogen-bond donors (Lipinski definition) is 2. The van der Waals surface area contributed by atoms with Gasteiger partial charge in [0.2, 0.25) is 0 Å². The van der Waals surface area contributed by atoms with Gasteiger partial charge in [-0.15, -0.1) is 0 Å². The summed E-state index contributed by atoms with van der Waals surface area (Å²) in [6, 6.07) is 20.8. The highest BCUT2D eigenvalue weighted by atomic mass is 16.3. The van der Waals surface area contributed by atoms with E-state index in [1.807, 2.05) is 11.0 Å². The highest BCUT2D eigenvalue weighted by Gasteiger charge is 2.18. The molecule has 2 N–H and O–H groups in total. The largest absolute Gasteiger partial charge is 0.508 e. The van der Waals surface area contributed by atoms with Crippen molar-refractivity contribution in [3.8, 4) is 5.75 Å². The molecule has 1 fully saturated rings. The van der Waals surface area contributed by atoms with Gasteiger partial charge in [0, 0.05) is 36.1 Å². The lowest BCUT2D eigenvalue weighted by Gasteiger charge is -2.26. The molecule has 2 amide bonds. The summed E-state index contributed by atoms with van der Waals surface area (Å²) in [5, 5.41) is 12.4. The van der Waals surface area contributed by atoms with Crippen LogP contribution in [-0.2, 0) is 0 Å². The Balaban J connectivity index is 1.35. The Kier molecular flexibility index (Phi) is 6.60. The first kappa shape index (κ1) is 21.3. The maximum Gasteiger partial charge on any atom is 0.255 e. The third-order valence-electron chi connectivity index (χ3n) is 5.40. The number of benzene rings is 3. The molecule has 32 heavy (non-hydrogen) atoms. The fraction of sp³-hybridized carbons (Fsp3) is 0.192. The molecule has 0 bridgehead atoms. The number of amides is 2. The Morgan fingerprint density at radius 3 is 2.25 bits per heavy atom. The van der Waals surface area contributed by atoms with Gasteiger partial charge in [0.1, 0.15) is 5.75 Å². The molecule has 0 aliphatic carbocycles. The predicted molar refractivity (Wildman–Crippen MR) is 126 cm³/mol. The number of phenols is 1. The molecule has 0 aromatic heterocycles. The van der Waals surface area contributed by atoms with Crippen molar-refractivity contribution in [3.63, 3.8) is 0 Å². The number of anilines is 1. The van der Waals surface area contributed by atoms with E-state index < -0.39 is 0 Å². The first-order valence-corrected chi connectivity index (χ1v) is 10.7. The average Bonchev–Trinajstić information content (AvgIpc) is 2.84. The summed E-state index contributed by atoms with van der Waals surface area (Å²) in [6.45, 7) is 1.62. The van der Waals surface area contributed by atoms with Crippen molar-refractivity contribution in [2.24, 2.45) is 4.99 Å². The second-order valence-corrected chi connectivity index (χ2v) is 7.78. The molecule has 1 heterocycles. The van der Waals surface area contributed by atoms with Crippen LogP contribution in [0.4, 0.5) is 11.4 Å². The smallest absolute Gasteiger partial charge is 0.255 e. The molecule has 6 heteroatoms. The van der Waals surface area contributed by atoms with E-state index in [9.17, 15) is 14.7 Å². The molecule has 3 aromatic carbocycles. The minimum atomic E-state index is -0.233. The van der Waals surface area contributed by atoms with Gasteiger partial charge in [0.25, 0.3) is 11.8 Å². The van der Waals surface area contributed by atoms with Gasteiger partial charge in [0.15, 0.2) is 0 Å². The van der Waals surface area contributed by atoms with Crippen molar-refractivity contribution in [3.05, 3.63) is 89.5 Å². The van der Waals surface area contributed by atoms with Crippen LogP contribution in [0.25, 0.3) is 0 Å². The molecule has 0 saturated carbocycles. The minimum Gasteiger partial charge on any atom is -0.508 e. The molecule has 0 spiro atoms. The summed E-state index contributed by atoms with van der Waals surface area (Å²) < 4.78 is 0. The number of aliphatic imine (C=N–C) groups is 1. The van der Waals surface area contributed by atoms with E-state index >= 15 is 0 Å². The number of piperidine rings is 1. The second-order valence-electron chi connectivity index (χ2n) is 7.78. The maximum atomic E-state index is 12.6. The van der Waals surface area contributed by atoms with Gasteiger partial charge >= 0.3 is 0 Å². The lowest BCUT2D eigenvalue weighted by Crippen LogP contribution is -2.35. The average molecular weight is 428 g/mol. The first-order valence-electron chi connectivity index (χ1n) is 10.7.